The molecule has 0 aliphatic carbocycles. The minimum Gasteiger partial charge on any atom is -0.438 e. The Hall–Kier alpha value is -1.01. The summed E-state index contributed by atoms with van der Waals surface area (Å²) in [5, 5.41) is 0.641. The SMILES string of the molecule is O=S(=O)(Cl)c1ccc(Oc2ncc(Cl)cc2Cl)cc1. The lowest BCUT2D eigenvalue weighted by atomic mass is 10.3. The molecule has 0 saturated heterocycles. The van der Waals surface area contributed by atoms with Gasteiger partial charge in [0.2, 0.25) is 5.88 Å². The van der Waals surface area contributed by atoms with Gasteiger partial charge in [-0.15, -0.1) is 0 Å². The highest BCUT2D eigenvalue weighted by Gasteiger charge is 2.10. The number of hydrogen-bond donors (Lipinski definition) is 0. The number of hydrogen-bond acceptors (Lipinski definition) is 4. The molecule has 0 aliphatic heterocycles. The highest BCUT2D eigenvalue weighted by atomic mass is 35.7. The Kier molecular flexibility index (Phi) is 4.20. The van der Waals surface area contributed by atoms with Crippen molar-refractivity contribution in [3.8, 4) is 11.6 Å². The molecule has 0 unspecified atom stereocenters. The van der Waals surface area contributed by atoms with E-state index >= 15 is 0 Å². The molecular weight excluding hydrogens is 333 g/mol. The molecule has 19 heavy (non-hydrogen) atoms. The molecule has 100 valence electrons. The maximum absolute atomic E-state index is 11.1. The van der Waals surface area contributed by atoms with Crippen molar-refractivity contribution in [2.24, 2.45) is 0 Å². The molecule has 0 bridgehead atoms. The molecule has 8 heteroatoms. The molecular formula is C11H6Cl3NO3S. The smallest absolute Gasteiger partial charge is 0.261 e. The molecule has 0 saturated carbocycles. The van der Waals surface area contributed by atoms with Gasteiger partial charge in [-0.3, -0.25) is 0 Å². The van der Waals surface area contributed by atoms with Crippen LogP contribution in [0, 0.1) is 0 Å². The van der Waals surface area contributed by atoms with Gasteiger partial charge in [-0.05, 0) is 30.3 Å². The summed E-state index contributed by atoms with van der Waals surface area (Å²) in [5.74, 6) is 0.549. The summed E-state index contributed by atoms with van der Waals surface area (Å²) in [4.78, 5) is 3.90. The first kappa shape index (κ1) is 14.4. The molecule has 0 fully saturated rings. The van der Waals surface area contributed by atoms with Crippen LogP contribution >= 0.6 is 33.9 Å². The van der Waals surface area contributed by atoms with E-state index in [1.807, 2.05) is 0 Å². The Morgan fingerprint density at radius 1 is 1.11 bits per heavy atom. The zero-order chi connectivity index (χ0) is 14.0. The van der Waals surface area contributed by atoms with Crippen LogP contribution in [0.25, 0.3) is 0 Å². The Labute approximate surface area is 124 Å². The van der Waals surface area contributed by atoms with Gasteiger partial charge in [-0.1, -0.05) is 23.2 Å². The van der Waals surface area contributed by atoms with Gasteiger partial charge in [-0.25, -0.2) is 13.4 Å². The van der Waals surface area contributed by atoms with Gasteiger partial charge >= 0.3 is 0 Å². The second-order valence-corrected chi connectivity index (χ2v) is 6.86. The molecule has 2 rings (SSSR count). The van der Waals surface area contributed by atoms with E-state index in [1.54, 1.807) is 0 Å². The monoisotopic (exact) mass is 337 g/mol. The summed E-state index contributed by atoms with van der Waals surface area (Å²) in [6, 6.07) is 7.02. The van der Waals surface area contributed by atoms with Crippen molar-refractivity contribution in [2.45, 2.75) is 4.90 Å². The number of ether oxygens (including phenoxy) is 1. The number of halogens is 3. The van der Waals surface area contributed by atoms with E-state index in [-0.39, 0.29) is 15.8 Å². The molecule has 1 heterocycles. The Bertz CT molecular complexity index is 702. The first-order chi connectivity index (χ1) is 8.86. The zero-order valence-corrected chi connectivity index (χ0v) is 12.3. The van der Waals surface area contributed by atoms with Crippen LogP contribution in [0.3, 0.4) is 0 Å². The predicted molar refractivity (Wildman–Crippen MR) is 73.8 cm³/mol. The molecule has 0 atom stereocenters. The molecule has 1 aromatic carbocycles. The van der Waals surface area contributed by atoms with Gasteiger partial charge in [0.25, 0.3) is 9.05 Å². The van der Waals surface area contributed by atoms with E-state index in [1.165, 1.54) is 36.5 Å². The molecule has 0 N–H and O–H groups in total. The third-order valence-corrected chi connectivity index (χ3v) is 3.94. The molecule has 0 radical (unpaired) electrons. The zero-order valence-electron chi connectivity index (χ0n) is 9.18. The van der Waals surface area contributed by atoms with Crippen molar-refractivity contribution in [1.29, 1.82) is 0 Å². The van der Waals surface area contributed by atoms with E-state index in [0.717, 1.165) is 0 Å². The second kappa shape index (κ2) is 5.54. The van der Waals surface area contributed by atoms with E-state index in [0.29, 0.717) is 10.8 Å². The van der Waals surface area contributed by atoms with Crippen LogP contribution in [-0.4, -0.2) is 13.4 Å². The highest BCUT2D eigenvalue weighted by molar-refractivity contribution is 8.13. The first-order valence-corrected chi connectivity index (χ1v) is 7.96. The van der Waals surface area contributed by atoms with Gasteiger partial charge < -0.3 is 4.74 Å². The summed E-state index contributed by atoms with van der Waals surface area (Å²) >= 11 is 11.6. The standard InChI is InChI=1S/C11H6Cl3NO3S/c12-7-5-10(13)11(15-6-7)18-8-1-3-9(4-2-8)19(14,16)17/h1-6H. The van der Waals surface area contributed by atoms with Gasteiger partial charge in [0.1, 0.15) is 10.8 Å². The van der Waals surface area contributed by atoms with Gasteiger partial charge in [-0.2, -0.15) is 0 Å². The van der Waals surface area contributed by atoms with Crippen LogP contribution in [-0.2, 0) is 9.05 Å². The van der Waals surface area contributed by atoms with Gasteiger partial charge in [0, 0.05) is 16.9 Å². The van der Waals surface area contributed by atoms with Crippen LogP contribution in [0.5, 0.6) is 11.6 Å². The maximum Gasteiger partial charge on any atom is 0.261 e. The summed E-state index contributed by atoms with van der Waals surface area (Å²) in [7, 11) is 1.45. The molecule has 4 nitrogen and oxygen atoms in total. The molecule has 0 spiro atoms. The van der Waals surface area contributed by atoms with Crippen LogP contribution in [0.1, 0.15) is 0 Å². The fourth-order valence-corrected chi connectivity index (χ4v) is 2.45. The van der Waals surface area contributed by atoms with Crippen molar-refractivity contribution >= 4 is 42.9 Å². The number of nitrogens with zero attached hydrogens (tertiary/aromatic N) is 1. The maximum atomic E-state index is 11.1. The second-order valence-electron chi connectivity index (χ2n) is 3.45. The third kappa shape index (κ3) is 3.73. The summed E-state index contributed by atoms with van der Waals surface area (Å²) in [6.07, 6.45) is 1.39. The largest absolute Gasteiger partial charge is 0.438 e. The number of benzene rings is 1. The van der Waals surface area contributed by atoms with Crippen LogP contribution < -0.4 is 4.74 Å². The van der Waals surface area contributed by atoms with Crippen LogP contribution in [0.4, 0.5) is 0 Å². The van der Waals surface area contributed by atoms with Crippen LogP contribution in [0.2, 0.25) is 10.0 Å². The third-order valence-electron chi connectivity index (χ3n) is 2.09. The molecule has 0 aliphatic rings. The molecule has 2 aromatic rings. The molecule has 1 aromatic heterocycles. The Morgan fingerprint density at radius 3 is 2.26 bits per heavy atom. The number of aromatic nitrogens is 1. The summed E-state index contributed by atoms with van der Waals surface area (Å²) in [6.45, 7) is 0. The fourth-order valence-electron chi connectivity index (χ4n) is 1.26. The topological polar surface area (TPSA) is 56.3 Å². The van der Waals surface area contributed by atoms with Gasteiger partial charge in [0.15, 0.2) is 0 Å². The van der Waals surface area contributed by atoms with E-state index in [4.69, 9.17) is 38.6 Å². The lowest BCUT2D eigenvalue weighted by Gasteiger charge is -2.06. The summed E-state index contributed by atoms with van der Waals surface area (Å²) < 4.78 is 27.5. The van der Waals surface area contributed by atoms with Crippen molar-refractivity contribution in [3.63, 3.8) is 0 Å². The Morgan fingerprint density at radius 2 is 1.74 bits per heavy atom. The van der Waals surface area contributed by atoms with Crippen LogP contribution in [0.15, 0.2) is 41.4 Å². The van der Waals surface area contributed by atoms with Crippen molar-refractivity contribution in [2.75, 3.05) is 0 Å². The molecule has 0 amide bonds. The van der Waals surface area contributed by atoms with Crippen molar-refractivity contribution in [1.82, 2.24) is 4.98 Å². The lowest BCUT2D eigenvalue weighted by Crippen LogP contribution is -1.92. The van der Waals surface area contributed by atoms with Crippen molar-refractivity contribution in [3.05, 3.63) is 46.6 Å². The highest BCUT2D eigenvalue weighted by Crippen LogP contribution is 2.29. The van der Waals surface area contributed by atoms with E-state index in [2.05, 4.69) is 4.98 Å². The average molecular weight is 339 g/mol. The quantitative estimate of drug-likeness (QED) is 0.790. The number of rotatable bonds is 3. The summed E-state index contributed by atoms with van der Waals surface area (Å²) in [5.41, 5.74) is 0. The minimum atomic E-state index is -3.75. The van der Waals surface area contributed by atoms with Crippen molar-refractivity contribution < 1.29 is 13.2 Å². The number of pyridine rings is 1. The predicted octanol–water partition coefficient (Wildman–Crippen LogP) is 4.11. The Balaban J connectivity index is 2.25. The first-order valence-electron chi connectivity index (χ1n) is 4.90. The average Bonchev–Trinajstić information content (AvgIpc) is 2.32. The van der Waals surface area contributed by atoms with E-state index < -0.39 is 9.05 Å². The normalized spacial score (nSPS) is 11.3. The fraction of sp³-hybridized carbons (Fsp3) is 0. The minimum absolute atomic E-state index is 0.0170. The van der Waals surface area contributed by atoms with Gasteiger partial charge in [0.05, 0.1) is 9.92 Å². The van der Waals surface area contributed by atoms with E-state index in [9.17, 15) is 8.42 Å². The lowest BCUT2D eigenvalue weighted by molar-refractivity contribution is 0.463.